The van der Waals surface area contributed by atoms with Crippen LogP contribution in [0.1, 0.15) is 17.3 Å². The van der Waals surface area contributed by atoms with E-state index in [1.807, 2.05) is 0 Å². The van der Waals surface area contributed by atoms with Crippen molar-refractivity contribution >= 4 is 39.1 Å². The standard InChI is InChI=1S/C13H14N4O4S2/c1-7(18)8-3-5-9(6-4-8)23(20,21)17-10-11(14)15-13(22-2)16-12(10)19/h3-6,17H,1-2H3,(H3,14,15,16,19). The molecule has 0 spiro atoms. The van der Waals surface area contributed by atoms with Crippen molar-refractivity contribution < 1.29 is 13.2 Å². The third-order valence-corrected chi connectivity index (χ3v) is 4.87. The molecule has 0 saturated carbocycles. The number of nitrogens with zero attached hydrogens (tertiary/aromatic N) is 1. The number of Topliss-reactive ketones (excluding diaryl/α,β-unsaturated/α-hetero) is 1. The number of ketones is 1. The van der Waals surface area contributed by atoms with Gasteiger partial charge in [0.05, 0.1) is 4.90 Å². The number of rotatable bonds is 5. The SMILES string of the molecule is CSc1nc(N)c(NS(=O)(=O)c2ccc(C(C)=O)cc2)c(=O)[nH]1. The number of aromatic nitrogens is 2. The van der Waals surface area contributed by atoms with Crippen molar-refractivity contribution in [2.45, 2.75) is 17.0 Å². The van der Waals surface area contributed by atoms with Crippen LogP contribution >= 0.6 is 11.8 Å². The Hall–Kier alpha value is -2.33. The zero-order chi connectivity index (χ0) is 17.2. The van der Waals surface area contributed by atoms with Gasteiger partial charge in [0.1, 0.15) is 0 Å². The fraction of sp³-hybridized carbons (Fsp3) is 0.154. The smallest absolute Gasteiger partial charge is 0.278 e. The number of aromatic amines is 1. The van der Waals surface area contributed by atoms with E-state index in [2.05, 4.69) is 14.7 Å². The highest BCUT2D eigenvalue weighted by Crippen LogP contribution is 2.19. The van der Waals surface area contributed by atoms with Crippen LogP contribution in [0.15, 0.2) is 39.1 Å². The van der Waals surface area contributed by atoms with Gasteiger partial charge < -0.3 is 5.73 Å². The lowest BCUT2D eigenvalue weighted by Crippen LogP contribution is -2.23. The predicted octanol–water partition coefficient (Wildman–Crippen LogP) is 1.08. The predicted molar refractivity (Wildman–Crippen MR) is 88.3 cm³/mol. The van der Waals surface area contributed by atoms with Crippen LogP contribution in [0.2, 0.25) is 0 Å². The number of sulfonamides is 1. The quantitative estimate of drug-likeness (QED) is 0.415. The third kappa shape index (κ3) is 3.71. The van der Waals surface area contributed by atoms with Gasteiger partial charge in [0.15, 0.2) is 22.4 Å². The lowest BCUT2D eigenvalue weighted by atomic mass is 10.2. The molecule has 122 valence electrons. The van der Waals surface area contributed by atoms with Gasteiger partial charge >= 0.3 is 0 Å². The Labute approximate surface area is 136 Å². The van der Waals surface area contributed by atoms with E-state index in [4.69, 9.17) is 5.73 Å². The van der Waals surface area contributed by atoms with Gasteiger partial charge in [0.2, 0.25) is 0 Å². The molecule has 0 aliphatic carbocycles. The van der Waals surface area contributed by atoms with E-state index in [-0.39, 0.29) is 27.3 Å². The number of H-pyrrole nitrogens is 1. The summed E-state index contributed by atoms with van der Waals surface area (Å²) in [5.74, 6) is -0.401. The molecule has 0 atom stereocenters. The van der Waals surface area contributed by atoms with Crippen LogP contribution in [-0.2, 0) is 10.0 Å². The second-order valence-electron chi connectivity index (χ2n) is 4.52. The minimum absolute atomic E-state index is 0.102. The van der Waals surface area contributed by atoms with E-state index in [0.717, 1.165) is 0 Å². The Morgan fingerprint density at radius 3 is 2.39 bits per heavy atom. The average molecular weight is 354 g/mol. The molecule has 0 amide bonds. The summed E-state index contributed by atoms with van der Waals surface area (Å²) < 4.78 is 26.7. The van der Waals surface area contributed by atoms with Gasteiger partial charge in [-0.1, -0.05) is 23.9 Å². The van der Waals surface area contributed by atoms with Gasteiger partial charge in [-0.3, -0.25) is 19.3 Å². The normalized spacial score (nSPS) is 11.2. The topological polar surface area (TPSA) is 135 Å². The van der Waals surface area contributed by atoms with Crippen molar-refractivity contribution in [3.05, 3.63) is 40.2 Å². The minimum Gasteiger partial charge on any atom is -0.382 e. The van der Waals surface area contributed by atoms with E-state index >= 15 is 0 Å². The molecule has 0 aliphatic heterocycles. The molecule has 10 heteroatoms. The van der Waals surface area contributed by atoms with E-state index in [9.17, 15) is 18.0 Å². The highest BCUT2D eigenvalue weighted by atomic mass is 32.2. The summed E-state index contributed by atoms with van der Waals surface area (Å²) in [7, 11) is -4.03. The van der Waals surface area contributed by atoms with Crippen molar-refractivity contribution in [3.8, 4) is 0 Å². The molecule has 0 radical (unpaired) electrons. The summed E-state index contributed by atoms with van der Waals surface area (Å²) in [4.78, 5) is 29.3. The number of nitrogens with two attached hydrogens (primary N) is 1. The molecule has 0 aliphatic rings. The van der Waals surface area contributed by atoms with Gasteiger partial charge in [-0.15, -0.1) is 0 Å². The van der Waals surface area contributed by atoms with Gasteiger partial charge in [0.25, 0.3) is 15.6 Å². The van der Waals surface area contributed by atoms with E-state index < -0.39 is 15.6 Å². The molecule has 4 N–H and O–H groups in total. The molecule has 8 nitrogen and oxygen atoms in total. The van der Waals surface area contributed by atoms with Gasteiger partial charge in [-0.25, -0.2) is 13.4 Å². The fourth-order valence-corrected chi connectivity index (χ4v) is 3.19. The molecule has 1 aromatic heterocycles. The zero-order valence-corrected chi connectivity index (χ0v) is 13.9. The Balaban J connectivity index is 2.39. The Bertz CT molecular complexity index is 905. The van der Waals surface area contributed by atoms with Crippen molar-refractivity contribution in [2.75, 3.05) is 16.7 Å². The first-order chi connectivity index (χ1) is 10.7. The van der Waals surface area contributed by atoms with Crippen LogP contribution in [0.3, 0.4) is 0 Å². The van der Waals surface area contributed by atoms with Gasteiger partial charge in [-0.2, -0.15) is 0 Å². The second kappa shape index (κ2) is 6.42. The number of carbonyl (C=O) groups excluding carboxylic acids is 1. The number of carbonyl (C=O) groups is 1. The molecule has 1 heterocycles. The Morgan fingerprint density at radius 2 is 1.91 bits per heavy atom. The van der Waals surface area contributed by atoms with Gasteiger partial charge in [-0.05, 0) is 25.3 Å². The summed E-state index contributed by atoms with van der Waals surface area (Å²) in [6.07, 6.45) is 1.69. The van der Waals surface area contributed by atoms with Crippen molar-refractivity contribution in [1.29, 1.82) is 0 Å². The molecule has 2 rings (SSSR count). The lowest BCUT2D eigenvalue weighted by molar-refractivity contribution is 0.101. The number of hydrogen-bond donors (Lipinski definition) is 3. The third-order valence-electron chi connectivity index (χ3n) is 2.93. The molecule has 0 fully saturated rings. The van der Waals surface area contributed by atoms with Crippen molar-refractivity contribution in [3.63, 3.8) is 0 Å². The van der Waals surface area contributed by atoms with Crippen LogP contribution in [0.4, 0.5) is 11.5 Å². The maximum Gasteiger partial charge on any atom is 0.278 e. The average Bonchev–Trinajstić information content (AvgIpc) is 2.50. The molecular formula is C13H14N4O4S2. The number of benzene rings is 1. The van der Waals surface area contributed by atoms with Crippen LogP contribution < -0.4 is 16.0 Å². The molecule has 2 aromatic rings. The highest BCUT2D eigenvalue weighted by Gasteiger charge is 2.19. The molecule has 0 bridgehead atoms. The number of nitrogens with one attached hydrogen (secondary N) is 2. The Morgan fingerprint density at radius 1 is 1.30 bits per heavy atom. The summed E-state index contributed by atoms with van der Waals surface area (Å²) in [5.41, 5.74) is 4.97. The maximum atomic E-state index is 12.3. The number of thioether (sulfide) groups is 1. The first-order valence-corrected chi connectivity index (χ1v) is 9.03. The largest absolute Gasteiger partial charge is 0.382 e. The van der Waals surface area contributed by atoms with E-state index in [1.54, 1.807) is 6.26 Å². The Kier molecular flexibility index (Phi) is 4.76. The first kappa shape index (κ1) is 17.0. The lowest BCUT2D eigenvalue weighted by Gasteiger charge is -2.10. The van der Waals surface area contributed by atoms with Crippen molar-refractivity contribution in [2.24, 2.45) is 0 Å². The summed E-state index contributed by atoms with van der Waals surface area (Å²) >= 11 is 1.17. The molecular weight excluding hydrogens is 340 g/mol. The molecule has 1 aromatic carbocycles. The van der Waals surface area contributed by atoms with Crippen molar-refractivity contribution in [1.82, 2.24) is 9.97 Å². The van der Waals surface area contributed by atoms with E-state index in [0.29, 0.717) is 5.56 Å². The van der Waals surface area contributed by atoms with Gasteiger partial charge in [0, 0.05) is 5.56 Å². The first-order valence-electron chi connectivity index (χ1n) is 6.32. The second-order valence-corrected chi connectivity index (χ2v) is 7.00. The summed E-state index contributed by atoms with van der Waals surface area (Å²) in [5, 5.41) is 0.279. The van der Waals surface area contributed by atoms with Crippen LogP contribution in [-0.4, -0.2) is 30.4 Å². The summed E-state index contributed by atoms with van der Waals surface area (Å²) in [6.45, 7) is 1.38. The molecule has 0 unspecified atom stereocenters. The molecule has 0 saturated heterocycles. The summed E-state index contributed by atoms with van der Waals surface area (Å²) in [6, 6.07) is 5.32. The zero-order valence-electron chi connectivity index (χ0n) is 12.3. The maximum absolute atomic E-state index is 12.3. The number of nitrogen functional groups attached to an aromatic ring is 1. The highest BCUT2D eigenvalue weighted by molar-refractivity contribution is 7.98. The monoisotopic (exact) mass is 354 g/mol. The van der Waals surface area contributed by atoms with E-state index in [1.165, 1.54) is 43.0 Å². The minimum atomic E-state index is -4.03. The molecule has 23 heavy (non-hydrogen) atoms. The van der Waals surface area contributed by atoms with Crippen LogP contribution in [0, 0.1) is 0 Å². The number of hydrogen-bond acceptors (Lipinski definition) is 7. The van der Waals surface area contributed by atoms with Crippen LogP contribution in [0.25, 0.3) is 0 Å². The number of anilines is 2. The van der Waals surface area contributed by atoms with Crippen LogP contribution in [0.5, 0.6) is 0 Å². The fourth-order valence-electron chi connectivity index (χ4n) is 1.73.